The van der Waals surface area contributed by atoms with Crippen LogP contribution in [0.15, 0.2) is 12.1 Å². The zero-order valence-corrected chi connectivity index (χ0v) is 26.3. The van der Waals surface area contributed by atoms with Crippen molar-refractivity contribution in [1.29, 1.82) is 0 Å². The summed E-state index contributed by atoms with van der Waals surface area (Å²) < 4.78 is 23.7. The van der Waals surface area contributed by atoms with E-state index in [1.807, 2.05) is 51.3 Å². The van der Waals surface area contributed by atoms with Crippen LogP contribution in [-0.2, 0) is 0 Å². The highest BCUT2D eigenvalue weighted by Crippen LogP contribution is 2.51. The molecular formula is C31H36Cl2N2O6. The fourth-order valence-electron chi connectivity index (χ4n) is 7.20. The molecule has 0 saturated carbocycles. The van der Waals surface area contributed by atoms with Gasteiger partial charge in [0.2, 0.25) is 11.6 Å². The maximum absolute atomic E-state index is 14.0. The van der Waals surface area contributed by atoms with Crippen LogP contribution in [-0.4, -0.2) is 59.4 Å². The summed E-state index contributed by atoms with van der Waals surface area (Å²) in [5.41, 5.74) is 1.74. The number of carbonyl (C=O) groups excluding carboxylic acids is 2. The number of fused-ring (bicyclic) bond motifs is 4. The van der Waals surface area contributed by atoms with E-state index in [2.05, 4.69) is 13.8 Å². The minimum atomic E-state index is -0.854. The van der Waals surface area contributed by atoms with Gasteiger partial charge in [-0.05, 0) is 43.5 Å². The van der Waals surface area contributed by atoms with Crippen LogP contribution < -0.4 is 18.9 Å². The van der Waals surface area contributed by atoms with Crippen LogP contribution >= 0.6 is 23.2 Å². The van der Waals surface area contributed by atoms with Crippen molar-refractivity contribution in [1.82, 2.24) is 9.80 Å². The van der Waals surface area contributed by atoms with E-state index in [1.165, 1.54) is 0 Å². The molecule has 0 unspecified atom stereocenters. The molecule has 4 aliphatic rings. The predicted molar refractivity (Wildman–Crippen MR) is 156 cm³/mol. The smallest absolute Gasteiger partial charge is 0.255 e. The molecule has 2 amide bonds. The van der Waals surface area contributed by atoms with Crippen molar-refractivity contribution in [2.75, 3.05) is 26.2 Å². The number of aryl methyl sites for hydroxylation is 2. The van der Waals surface area contributed by atoms with Crippen molar-refractivity contribution in [3.05, 3.63) is 44.4 Å². The summed E-state index contributed by atoms with van der Waals surface area (Å²) in [6.07, 6.45) is 0.887. The average Bonchev–Trinajstić information content (AvgIpc) is 3.37. The second-order valence-corrected chi connectivity index (χ2v) is 14.5. The van der Waals surface area contributed by atoms with Gasteiger partial charge in [-0.15, -0.1) is 0 Å². The van der Waals surface area contributed by atoms with E-state index in [-0.39, 0.29) is 32.7 Å². The highest BCUT2D eigenvalue weighted by Gasteiger charge is 2.51. The van der Waals surface area contributed by atoms with E-state index in [9.17, 15) is 9.59 Å². The Balaban J connectivity index is 1.26. The van der Waals surface area contributed by atoms with Gasteiger partial charge in [-0.2, -0.15) is 0 Å². The zero-order chi connectivity index (χ0) is 29.9. The number of amides is 2. The fourth-order valence-corrected chi connectivity index (χ4v) is 7.72. The van der Waals surface area contributed by atoms with Crippen LogP contribution in [0.4, 0.5) is 0 Å². The summed E-state index contributed by atoms with van der Waals surface area (Å²) in [7, 11) is 0. The monoisotopic (exact) mass is 602 g/mol. The summed E-state index contributed by atoms with van der Waals surface area (Å²) in [5.74, 6) is -0.0507. The summed E-state index contributed by atoms with van der Waals surface area (Å²) in [4.78, 5) is 31.6. The molecule has 2 bridgehead atoms. The van der Waals surface area contributed by atoms with E-state index in [1.54, 1.807) is 12.1 Å². The maximum atomic E-state index is 14.0. The first-order valence-electron chi connectivity index (χ1n) is 13.9. The number of piperidine rings is 2. The number of likely N-dealkylation sites (tertiary alicyclic amines) is 2. The van der Waals surface area contributed by atoms with Crippen LogP contribution in [0.3, 0.4) is 0 Å². The number of benzene rings is 2. The molecule has 0 spiro atoms. The molecule has 2 aromatic rings. The Bertz CT molecular complexity index is 1390. The number of hydrogen-bond acceptors (Lipinski definition) is 6. The van der Waals surface area contributed by atoms with Crippen LogP contribution in [0.1, 0.15) is 79.8 Å². The van der Waals surface area contributed by atoms with Crippen LogP contribution in [0.5, 0.6) is 23.0 Å². The SMILES string of the molecule is Cc1cc(C(=O)N2CC3(C)CN(C(=O)c4cc(C)c5c(c4Cl)OC(C)(C)O5)CC(C)(C2)C3)c(Cl)c2c1OC(C)(C)O2. The molecule has 6 rings (SSSR count). The lowest BCUT2D eigenvalue weighted by molar-refractivity contribution is -0.0539. The second-order valence-electron chi connectivity index (χ2n) is 13.8. The van der Waals surface area contributed by atoms with E-state index < -0.39 is 11.6 Å². The molecule has 10 heteroatoms. The molecule has 220 valence electrons. The first-order chi connectivity index (χ1) is 18.9. The Hall–Kier alpha value is -2.84. The van der Waals surface area contributed by atoms with Gasteiger partial charge in [0.1, 0.15) is 0 Å². The number of nitrogens with zero attached hydrogens (tertiary/aromatic N) is 2. The molecule has 41 heavy (non-hydrogen) atoms. The Morgan fingerprint density at radius 1 is 0.634 bits per heavy atom. The van der Waals surface area contributed by atoms with E-state index in [0.29, 0.717) is 60.3 Å². The van der Waals surface area contributed by atoms with Gasteiger partial charge in [0.15, 0.2) is 23.0 Å². The minimum Gasteiger partial charge on any atom is -0.449 e. The number of rotatable bonds is 2. The van der Waals surface area contributed by atoms with Gasteiger partial charge in [-0.1, -0.05) is 37.0 Å². The Labute approximate surface area is 250 Å². The van der Waals surface area contributed by atoms with E-state index in [0.717, 1.165) is 17.5 Å². The van der Waals surface area contributed by atoms with Gasteiger partial charge in [0, 0.05) is 64.7 Å². The third-order valence-electron chi connectivity index (χ3n) is 8.29. The molecular weight excluding hydrogens is 567 g/mol. The largest absolute Gasteiger partial charge is 0.449 e. The normalized spacial score (nSPS) is 26.8. The van der Waals surface area contributed by atoms with E-state index in [4.69, 9.17) is 42.1 Å². The average molecular weight is 604 g/mol. The molecule has 0 N–H and O–H groups in total. The quantitative estimate of drug-likeness (QED) is 0.383. The third-order valence-corrected chi connectivity index (χ3v) is 9.04. The van der Waals surface area contributed by atoms with Gasteiger partial charge in [-0.3, -0.25) is 9.59 Å². The van der Waals surface area contributed by atoms with Crippen molar-refractivity contribution >= 4 is 35.0 Å². The van der Waals surface area contributed by atoms with Gasteiger partial charge in [0.25, 0.3) is 11.8 Å². The van der Waals surface area contributed by atoms with E-state index >= 15 is 0 Å². The van der Waals surface area contributed by atoms with Crippen LogP contribution in [0.25, 0.3) is 0 Å². The number of hydrogen-bond donors (Lipinski definition) is 0. The lowest BCUT2D eigenvalue weighted by Gasteiger charge is -2.56. The first kappa shape index (κ1) is 28.3. The number of carbonyl (C=O) groups is 2. The Morgan fingerprint density at radius 2 is 0.951 bits per heavy atom. The zero-order valence-electron chi connectivity index (χ0n) is 24.8. The van der Waals surface area contributed by atoms with Crippen molar-refractivity contribution in [3.63, 3.8) is 0 Å². The van der Waals surface area contributed by atoms with Crippen molar-refractivity contribution in [2.24, 2.45) is 10.8 Å². The molecule has 0 atom stereocenters. The summed E-state index contributed by atoms with van der Waals surface area (Å²) in [5, 5.41) is 0.528. The summed E-state index contributed by atoms with van der Waals surface area (Å²) in [6.45, 7) is 17.2. The van der Waals surface area contributed by atoms with Gasteiger partial charge in [0.05, 0.1) is 21.2 Å². The highest BCUT2D eigenvalue weighted by molar-refractivity contribution is 6.36. The predicted octanol–water partition coefficient (Wildman–Crippen LogP) is 6.64. The molecule has 0 radical (unpaired) electrons. The van der Waals surface area contributed by atoms with Crippen LogP contribution in [0.2, 0.25) is 10.0 Å². The third kappa shape index (κ3) is 4.67. The minimum absolute atomic E-state index is 0.150. The lowest BCUT2D eigenvalue weighted by Crippen LogP contribution is -2.64. The van der Waals surface area contributed by atoms with Crippen molar-refractivity contribution in [3.8, 4) is 23.0 Å². The summed E-state index contributed by atoms with van der Waals surface area (Å²) >= 11 is 13.5. The topological polar surface area (TPSA) is 77.5 Å². The molecule has 0 aromatic heterocycles. The van der Waals surface area contributed by atoms with Crippen molar-refractivity contribution in [2.45, 2.75) is 73.4 Å². The molecule has 2 aromatic carbocycles. The highest BCUT2D eigenvalue weighted by atomic mass is 35.5. The first-order valence-corrected chi connectivity index (χ1v) is 14.7. The number of ether oxygens (including phenoxy) is 4. The van der Waals surface area contributed by atoms with Crippen LogP contribution in [0, 0.1) is 24.7 Å². The molecule has 8 nitrogen and oxygen atoms in total. The molecule has 4 aliphatic heterocycles. The molecule has 0 aliphatic carbocycles. The standard InChI is InChI=1S/C31H36Cl2N2O6/c1-16-9-18(20(32)24-22(16)38-28(3,4)40-24)26(36)34-12-30(7)11-31(8,13-34)15-35(14-30)27(37)19-10-17(2)23-25(21(19)33)41-29(5,6)39-23/h9-10H,11-15H2,1-8H3. The Kier molecular flexibility index (Phi) is 6.10. The molecule has 4 heterocycles. The van der Waals surface area contributed by atoms with Crippen molar-refractivity contribution < 1.29 is 28.5 Å². The lowest BCUT2D eigenvalue weighted by atomic mass is 9.65. The maximum Gasteiger partial charge on any atom is 0.255 e. The molecule has 2 fully saturated rings. The fraction of sp³-hybridized carbons (Fsp3) is 0.548. The summed E-state index contributed by atoms with van der Waals surface area (Å²) in [6, 6.07) is 3.56. The molecule has 2 saturated heterocycles. The number of halogens is 2. The second kappa shape index (κ2) is 8.83. The Morgan fingerprint density at radius 3 is 1.29 bits per heavy atom. The van der Waals surface area contributed by atoms with Gasteiger partial charge in [-0.25, -0.2) is 0 Å². The van der Waals surface area contributed by atoms with Gasteiger partial charge < -0.3 is 28.7 Å². The van der Waals surface area contributed by atoms with Gasteiger partial charge >= 0.3 is 0 Å².